The number of rotatable bonds is 7. The van der Waals surface area contributed by atoms with Gasteiger partial charge in [-0.15, -0.1) is 0 Å². The van der Waals surface area contributed by atoms with Crippen molar-refractivity contribution in [2.75, 3.05) is 11.4 Å². The van der Waals surface area contributed by atoms with E-state index in [-0.39, 0.29) is 35.4 Å². The van der Waals surface area contributed by atoms with Gasteiger partial charge < -0.3 is 26.9 Å². The molecule has 2 fully saturated rings. The van der Waals surface area contributed by atoms with Crippen LogP contribution in [0.25, 0.3) is 0 Å². The van der Waals surface area contributed by atoms with Gasteiger partial charge in [0.05, 0.1) is 17.8 Å². The number of amides is 2. The van der Waals surface area contributed by atoms with E-state index in [1.807, 2.05) is 24.3 Å². The molecular formula is C25H40N6O3. The standard InChI is InChI=1S/C25H40N6O3/c1-25(2,3)16-9-11-18(12-10-16)31(24(34)21-13-19(32)14-28-21)22(20(26)15-29-27)23(33)30-17-7-5-4-6-8-17/h9-12,15,17,19,21-22,28-29,32H,4-8,13-14,26-27H2,1-3H3,(H,30,33)/b20-15-. The van der Waals surface area contributed by atoms with Crippen LogP contribution in [0, 0.1) is 0 Å². The smallest absolute Gasteiger partial charge is 0.249 e. The van der Waals surface area contributed by atoms with Crippen molar-refractivity contribution in [1.82, 2.24) is 16.1 Å². The highest BCUT2D eigenvalue weighted by molar-refractivity contribution is 6.05. The highest BCUT2D eigenvalue weighted by Gasteiger charge is 2.40. The van der Waals surface area contributed by atoms with Gasteiger partial charge in [-0.3, -0.25) is 20.3 Å². The Morgan fingerprint density at radius 3 is 2.35 bits per heavy atom. The van der Waals surface area contributed by atoms with E-state index in [9.17, 15) is 14.7 Å². The fraction of sp³-hybridized carbons (Fsp3) is 0.600. The summed E-state index contributed by atoms with van der Waals surface area (Å²) in [5.74, 6) is 4.82. The van der Waals surface area contributed by atoms with Crippen molar-refractivity contribution in [3.05, 3.63) is 41.7 Å². The second-order valence-electron chi connectivity index (χ2n) is 10.4. The Morgan fingerprint density at radius 1 is 1.18 bits per heavy atom. The highest BCUT2D eigenvalue weighted by Crippen LogP contribution is 2.28. The molecule has 0 radical (unpaired) electrons. The number of β-amino-alcohol motifs (C(OH)–C–C–N with tert-alkyl or cyclic N) is 1. The van der Waals surface area contributed by atoms with E-state index < -0.39 is 18.2 Å². The average molecular weight is 473 g/mol. The third kappa shape index (κ3) is 6.28. The molecular weight excluding hydrogens is 432 g/mol. The van der Waals surface area contributed by atoms with Gasteiger partial charge in [-0.25, -0.2) is 0 Å². The molecule has 1 saturated carbocycles. The van der Waals surface area contributed by atoms with Crippen LogP contribution in [0.4, 0.5) is 5.69 Å². The van der Waals surface area contributed by atoms with E-state index in [1.54, 1.807) is 0 Å². The molecule has 34 heavy (non-hydrogen) atoms. The summed E-state index contributed by atoms with van der Waals surface area (Å²) in [5, 5.41) is 16.2. The van der Waals surface area contributed by atoms with Crippen molar-refractivity contribution >= 4 is 17.5 Å². The van der Waals surface area contributed by atoms with E-state index in [1.165, 1.54) is 11.1 Å². The molecule has 1 aliphatic carbocycles. The number of hydrazine groups is 1. The van der Waals surface area contributed by atoms with Crippen molar-refractivity contribution in [3.63, 3.8) is 0 Å². The molecule has 8 N–H and O–H groups in total. The van der Waals surface area contributed by atoms with Gasteiger partial charge in [0.15, 0.2) is 6.04 Å². The van der Waals surface area contributed by atoms with Gasteiger partial charge in [-0.1, -0.05) is 52.2 Å². The topological polar surface area (TPSA) is 146 Å². The third-order valence-electron chi connectivity index (χ3n) is 6.68. The summed E-state index contributed by atoms with van der Waals surface area (Å²) in [6.07, 6.45) is 6.08. The summed E-state index contributed by atoms with van der Waals surface area (Å²) in [4.78, 5) is 28.8. The molecule has 3 unspecified atom stereocenters. The largest absolute Gasteiger partial charge is 0.399 e. The lowest BCUT2D eigenvalue weighted by Gasteiger charge is -2.35. The van der Waals surface area contributed by atoms with Gasteiger partial charge in [0.1, 0.15) is 0 Å². The SMILES string of the molecule is CC(C)(C)c1ccc(N(C(=O)C2CC(O)CN2)C(C(=O)NC2CCCCC2)/C(N)=C/NN)cc1. The van der Waals surface area contributed by atoms with Crippen LogP contribution in [0.1, 0.15) is 64.9 Å². The van der Waals surface area contributed by atoms with Crippen LogP contribution in [0.2, 0.25) is 0 Å². The predicted octanol–water partition coefficient (Wildman–Crippen LogP) is 1.12. The number of hydrogen-bond acceptors (Lipinski definition) is 7. The summed E-state index contributed by atoms with van der Waals surface area (Å²) in [6, 6.07) is 5.94. The number of hydrogen-bond donors (Lipinski definition) is 6. The normalized spacial score (nSPS) is 22.8. The molecule has 0 bridgehead atoms. The fourth-order valence-electron chi connectivity index (χ4n) is 4.72. The maximum atomic E-state index is 13.8. The van der Waals surface area contributed by atoms with Crippen molar-refractivity contribution in [3.8, 4) is 0 Å². The lowest BCUT2D eigenvalue weighted by atomic mass is 9.87. The van der Waals surface area contributed by atoms with Gasteiger partial charge in [-0.05, 0) is 42.4 Å². The number of aliphatic hydroxyl groups excluding tert-OH is 1. The molecule has 2 amide bonds. The number of nitrogens with zero attached hydrogens (tertiary/aromatic N) is 1. The van der Waals surface area contributed by atoms with Crippen molar-refractivity contribution in [2.24, 2.45) is 11.6 Å². The Hall–Kier alpha value is -2.62. The van der Waals surface area contributed by atoms with Crippen LogP contribution in [-0.2, 0) is 15.0 Å². The minimum Gasteiger partial charge on any atom is -0.399 e. The molecule has 1 aromatic carbocycles. The molecule has 9 heteroatoms. The van der Waals surface area contributed by atoms with Gasteiger partial charge in [0, 0.05) is 24.5 Å². The Kier molecular flexibility index (Phi) is 8.57. The summed E-state index contributed by atoms with van der Waals surface area (Å²) in [5.41, 5.74) is 10.4. The maximum Gasteiger partial charge on any atom is 0.249 e. The zero-order valence-electron chi connectivity index (χ0n) is 20.5. The van der Waals surface area contributed by atoms with Crippen molar-refractivity contribution in [1.29, 1.82) is 0 Å². The van der Waals surface area contributed by atoms with E-state index in [0.29, 0.717) is 12.2 Å². The van der Waals surface area contributed by atoms with Crippen molar-refractivity contribution < 1.29 is 14.7 Å². The van der Waals surface area contributed by atoms with Gasteiger partial charge in [-0.2, -0.15) is 0 Å². The number of carbonyl (C=O) groups excluding carboxylic acids is 2. The van der Waals surface area contributed by atoms with E-state index in [4.69, 9.17) is 11.6 Å². The summed E-state index contributed by atoms with van der Waals surface area (Å²) < 4.78 is 0. The number of nitrogens with one attached hydrogen (secondary N) is 3. The Balaban J connectivity index is 2.00. The number of anilines is 1. The lowest BCUT2D eigenvalue weighted by Crippen LogP contribution is -2.58. The van der Waals surface area contributed by atoms with Crippen LogP contribution in [0.3, 0.4) is 0 Å². The first-order valence-corrected chi connectivity index (χ1v) is 12.2. The fourth-order valence-corrected chi connectivity index (χ4v) is 4.72. The van der Waals surface area contributed by atoms with Crippen molar-refractivity contribution in [2.45, 2.75) is 88.9 Å². The molecule has 1 aromatic rings. The molecule has 0 spiro atoms. The minimum absolute atomic E-state index is 0.0500. The van der Waals surface area contributed by atoms with Crippen LogP contribution in [0.15, 0.2) is 36.2 Å². The minimum atomic E-state index is -1.09. The van der Waals surface area contributed by atoms with Crippen LogP contribution in [0.5, 0.6) is 0 Å². The monoisotopic (exact) mass is 472 g/mol. The average Bonchev–Trinajstić information content (AvgIpc) is 3.23. The zero-order valence-corrected chi connectivity index (χ0v) is 20.5. The van der Waals surface area contributed by atoms with Gasteiger partial charge >= 0.3 is 0 Å². The Labute approximate surface area is 202 Å². The molecule has 1 aliphatic heterocycles. The van der Waals surface area contributed by atoms with Crippen LogP contribution >= 0.6 is 0 Å². The van der Waals surface area contributed by atoms with Gasteiger partial charge in [0.25, 0.3) is 0 Å². The van der Waals surface area contributed by atoms with E-state index in [0.717, 1.165) is 37.7 Å². The maximum absolute atomic E-state index is 13.8. The van der Waals surface area contributed by atoms with E-state index in [2.05, 4.69) is 36.8 Å². The highest BCUT2D eigenvalue weighted by atomic mass is 16.3. The number of carbonyl (C=O) groups is 2. The lowest BCUT2D eigenvalue weighted by molar-refractivity contribution is -0.127. The second kappa shape index (κ2) is 11.2. The third-order valence-corrected chi connectivity index (χ3v) is 6.68. The molecule has 0 aromatic heterocycles. The molecule has 1 saturated heterocycles. The molecule has 9 nitrogen and oxygen atoms in total. The molecule has 3 atom stereocenters. The first kappa shape index (κ1) is 26.0. The quantitative estimate of drug-likeness (QED) is 0.258. The molecule has 2 aliphatic rings. The summed E-state index contributed by atoms with van der Waals surface area (Å²) in [6.45, 7) is 6.66. The zero-order chi connectivity index (χ0) is 24.9. The summed E-state index contributed by atoms with van der Waals surface area (Å²) in [7, 11) is 0. The number of benzene rings is 1. The predicted molar refractivity (Wildman–Crippen MR) is 133 cm³/mol. The number of nitrogens with two attached hydrogens (primary N) is 2. The van der Waals surface area contributed by atoms with Gasteiger partial charge in [0.2, 0.25) is 11.8 Å². The van der Waals surface area contributed by atoms with Crippen LogP contribution in [-0.4, -0.2) is 47.7 Å². The first-order chi connectivity index (χ1) is 16.1. The van der Waals surface area contributed by atoms with E-state index >= 15 is 0 Å². The Morgan fingerprint density at radius 2 is 1.82 bits per heavy atom. The molecule has 3 rings (SSSR count). The Bertz CT molecular complexity index is 874. The number of aliphatic hydroxyl groups is 1. The second-order valence-corrected chi connectivity index (χ2v) is 10.4. The molecule has 1 heterocycles. The summed E-state index contributed by atoms with van der Waals surface area (Å²) >= 11 is 0. The van der Waals surface area contributed by atoms with Crippen LogP contribution < -0.4 is 32.5 Å². The molecule has 188 valence electrons. The first-order valence-electron chi connectivity index (χ1n) is 12.2.